The zero-order valence-electron chi connectivity index (χ0n) is 9.82. The third kappa shape index (κ3) is 2.81. The van der Waals surface area contributed by atoms with Gasteiger partial charge in [0.25, 0.3) is 5.91 Å². The van der Waals surface area contributed by atoms with Crippen molar-refractivity contribution in [2.75, 3.05) is 25.6 Å². The molecule has 0 aromatic carbocycles. The first kappa shape index (κ1) is 12.9. The Hall–Kier alpha value is -0.580. The maximum atomic E-state index is 12.3. The van der Waals surface area contributed by atoms with Crippen molar-refractivity contribution in [3.8, 4) is 0 Å². The highest BCUT2D eigenvalue weighted by molar-refractivity contribution is 7.14. The second-order valence-corrected chi connectivity index (χ2v) is 5.48. The Bertz CT molecular complexity index is 394. The van der Waals surface area contributed by atoms with Crippen LogP contribution < -0.4 is 0 Å². The number of morpholine rings is 1. The summed E-state index contributed by atoms with van der Waals surface area (Å²) in [5.41, 5.74) is 0. The number of halogens is 1. The molecule has 0 radical (unpaired) electrons. The monoisotopic (exact) mass is 273 g/mol. The molecular formula is C12H16ClNO2S. The predicted octanol–water partition coefficient (Wildman–Crippen LogP) is 2.39. The molecule has 1 amide bonds. The lowest BCUT2D eigenvalue weighted by Crippen LogP contribution is -2.49. The van der Waals surface area contributed by atoms with Crippen molar-refractivity contribution < 1.29 is 9.53 Å². The summed E-state index contributed by atoms with van der Waals surface area (Å²) in [7, 11) is 0. The summed E-state index contributed by atoms with van der Waals surface area (Å²) in [5, 5.41) is 0. The maximum Gasteiger partial charge on any atom is 0.264 e. The second-order valence-electron chi connectivity index (χ2n) is 4.00. The summed E-state index contributed by atoms with van der Waals surface area (Å²) >= 11 is 7.44. The minimum atomic E-state index is 0.00472. The van der Waals surface area contributed by atoms with E-state index in [-0.39, 0.29) is 11.9 Å². The van der Waals surface area contributed by atoms with Crippen LogP contribution in [-0.2, 0) is 11.2 Å². The fourth-order valence-electron chi connectivity index (χ4n) is 1.87. The van der Waals surface area contributed by atoms with E-state index in [0.29, 0.717) is 25.6 Å². The summed E-state index contributed by atoms with van der Waals surface area (Å²) in [5.74, 6) is 0.515. The lowest BCUT2D eigenvalue weighted by atomic mass is 10.2. The number of hydrogen-bond acceptors (Lipinski definition) is 3. The molecule has 1 aromatic rings. The first-order valence-corrected chi connectivity index (χ1v) is 7.14. The van der Waals surface area contributed by atoms with Gasteiger partial charge in [-0.3, -0.25) is 4.79 Å². The second kappa shape index (κ2) is 5.85. The van der Waals surface area contributed by atoms with Gasteiger partial charge in [-0.25, -0.2) is 0 Å². The smallest absolute Gasteiger partial charge is 0.264 e. The molecule has 17 heavy (non-hydrogen) atoms. The molecule has 1 saturated heterocycles. The van der Waals surface area contributed by atoms with E-state index in [1.807, 2.05) is 17.0 Å². The van der Waals surface area contributed by atoms with Crippen molar-refractivity contribution in [2.24, 2.45) is 0 Å². The quantitative estimate of drug-likeness (QED) is 0.792. The fourth-order valence-corrected chi connectivity index (χ4v) is 3.03. The zero-order chi connectivity index (χ0) is 12.3. The summed E-state index contributed by atoms with van der Waals surface area (Å²) in [6.45, 7) is 3.87. The number of aryl methyl sites for hydroxylation is 1. The number of hydrogen-bond donors (Lipinski definition) is 0. The number of amides is 1. The third-order valence-corrected chi connectivity index (χ3v) is 4.46. The Kier molecular flexibility index (Phi) is 4.42. The zero-order valence-corrected chi connectivity index (χ0v) is 11.4. The lowest BCUT2D eigenvalue weighted by molar-refractivity contribution is 0.00484. The van der Waals surface area contributed by atoms with E-state index in [1.54, 1.807) is 11.3 Å². The van der Waals surface area contributed by atoms with Crippen molar-refractivity contribution in [1.29, 1.82) is 0 Å². The fraction of sp³-hybridized carbons (Fsp3) is 0.583. The van der Waals surface area contributed by atoms with Crippen LogP contribution in [-0.4, -0.2) is 42.5 Å². The van der Waals surface area contributed by atoms with Gasteiger partial charge in [0.15, 0.2) is 0 Å². The standard InChI is InChI=1S/C12H16ClNO2S/c1-2-10-3-4-11(17-10)12(15)14-5-6-16-8-9(14)7-13/h3-4,9H,2,5-8H2,1H3. The van der Waals surface area contributed by atoms with E-state index in [2.05, 4.69) is 6.92 Å². The number of thiophene rings is 1. The molecule has 1 aliphatic rings. The van der Waals surface area contributed by atoms with E-state index in [1.165, 1.54) is 4.88 Å². The minimum Gasteiger partial charge on any atom is -0.377 e. The van der Waals surface area contributed by atoms with Gasteiger partial charge < -0.3 is 9.64 Å². The maximum absolute atomic E-state index is 12.3. The van der Waals surface area contributed by atoms with E-state index in [0.717, 1.165) is 11.3 Å². The third-order valence-electron chi connectivity index (χ3n) is 2.89. The SMILES string of the molecule is CCc1ccc(C(=O)N2CCOCC2CCl)s1. The molecule has 1 atom stereocenters. The van der Waals surface area contributed by atoms with Crippen LogP contribution in [0.4, 0.5) is 0 Å². The molecule has 1 unspecified atom stereocenters. The Labute approximate surface area is 110 Å². The van der Waals surface area contributed by atoms with Crippen molar-refractivity contribution in [2.45, 2.75) is 19.4 Å². The van der Waals surface area contributed by atoms with Crippen molar-refractivity contribution >= 4 is 28.8 Å². The van der Waals surface area contributed by atoms with Gasteiger partial charge in [0.05, 0.1) is 24.1 Å². The first-order chi connectivity index (χ1) is 8.26. The molecule has 3 nitrogen and oxygen atoms in total. The topological polar surface area (TPSA) is 29.5 Å². The highest BCUT2D eigenvalue weighted by Crippen LogP contribution is 2.21. The van der Waals surface area contributed by atoms with Gasteiger partial charge in [-0.2, -0.15) is 0 Å². The molecule has 0 spiro atoms. The van der Waals surface area contributed by atoms with E-state index in [9.17, 15) is 4.79 Å². The summed E-state index contributed by atoms with van der Waals surface area (Å²) in [6, 6.07) is 3.94. The summed E-state index contributed by atoms with van der Waals surface area (Å²) in [4.78, 5) is 16.2. The number of carbonyl (C=O) groups is 1. The van der Waals surface area contributed by atoms with Crippen molar-refractivity contribution in [3.05, 3.63) is 21.9 Å². The Morgan fingerprint density at radius 2 is 2.47 bits per heavy atom. The number of alkyl halides is 1. The number of ether oxygens (including phenoxy) is 1. The highest BCUT2D eigenvalue weighted by Gasteiger charge is 2.28. The molecule has 0 bridgehead atoms. The Morgan fingerprint density at radius 3 is 3.12 bits per heavy atom. The lowest BCUT2D eigenvalue weighted by Gasteiger charge is -2.34. The predicted molar refractivity (Wildman–Crippen MR) is 70.1 cm³/mol. The van der Waals surface area contributed by atoms with E-state index in [4.69, 9.17) is 16.3 Å². The Morgan fingerprint density at radius 1 is 1.65 bits per heavy atom. The van der Waals surface area contributed by atoms with Crippen LogP contribution >= 0.6 is 22.9 Å². The summed E-state index contributed by atoms with van der Waals surface area (Å²) < 4.78 is 5.34. The largest absolute Gasteiger partial charge is 0.377 e. The van der Waals surface area contributed by atoms with Crippen LogP contribution in [0.1, 0.15) is 21.5 Å². The normalized spacial score (nSPS) is 20.6. The molecular weight excluding hydrogens is 258 g/mol. The molecule has 94 valence electrons. The van der Waals surface area contributed by atoms with Gasteiger partial charge in [-0.15, -0.1) is 22.9 Å². The van der Waals surface area contributed by atoms with Crippen LogP contribution in [0.25, 0.3) is 0 Å². The van der Waals surface area contributed by atoms with Gasteiger partial charge in [0, 0.05) is 17.3 Å². The molecule has 2 rings (SSSR count). The number of nitrogens with zero attached hydrogens (tertiary/aromatic N) is 1. The van der Waals surface area contributed by atoms with Crippen LogP contribution in [0.2, 0.25) is 0 Å². The molecule has 0 N–H and O–H groups in total. The molecule has 1 aliphatic heterocycles. The molecule has 0 saturated carbocycles. The first-order valence-electron chi connectivity index (χ1n) is 5.79. The molecule has 5 heteroatoms. The minimum absolute atomic E-state index is 0.00472. The van der Waals surface area contributed by atoms with Crippen LogP contribution in [0.3, 0.4) is 0 Å². The number of rotatable bonds is 3. The van der Waals surface area contributed by atoms with Crippen molar-refractivity contribution in [1.82, 2.24) is 4.90 Å². The molecule has 1 fully saturated rings. The van der Waals surface area contributed by atoms with Crippen LogP contribution in [0, 0.1) is 0 Å². The van der Waals surface area contributed by atoms with Gasteiger partial charge in [-0.1, -0.05) is 6.92 Å². The van der Waals surface area contributed by atoms with Gasteiger partial charge in [-0.05, 0) is 18.6 Å². The van der Waals surface area contributed by atoms with Crippen LogP contribution in [0.5, 0.6) is 0 Å². The highest BCUT2D eigenvalue weighted by atomic mass is 35.5. The molecule has 1 aromatic heterocycles. The number of carbonyl (C=O) groups excluding carboxylic acids is 1. The van der Waals surface area contributed by atoms with Gasteiger partial charge >= 0.3 is 0 Å². The summed E-state index contributed by atoms with van der Waals surface area (Å²) in [6.07, 6.45) is 0.972. The van der Waals surface area contributed by atoms with Gasteiger partial charge in [0.1, 0.15) is 0 Å². The van der Waals surface area contributed by atoms with E-state index < -0.39 is 0 Å². The van der Waals surface area contributed by atoms with Gasteiger partial charge in [0.2, 0.25) is 0 Å². The molecule has 2 heterocycles. The molecule has 0 aliphatic carbocycles. The Balaban J connectivity index is 2.12. The average Bonchev–Trinajstić information content (AvgIpc) is 2.86. The van der Waals surface area contributed by atoms with E-state index >= 15 is 0 Å². The average molecular weight is 274 g/mol. The van der Waals surface area contributed by atoms with Crippen LogP contribution in [0.15, 0.2) is 12.1 Å². The van der Waals surface area contributed by atoms with Crippen molar-refractivity contribution in [3.63, 3.8) is 0 Å².